The van der Waals surface area contributed by atoms with Crippen molar-refractivity contribution < 1.29 is 4.79 Å². The number of nitrogens with zero attached hydrogens (tertiary/aromatic N) is 2. The summed E-state index contributed by atoms with van der Waals surface area (Å²) in [4.78, 5) is 16.4. The predicted molar refractivity (Wildman–Crippen MR) is 72.0 cm³/mol. The molecule has 1 aliphatic heterocycles. The van der Waals surface area contributed by atoms with Crippen molar-refractivity contribution in [2.75, 3.05) is 32.7 Å². The molecule has 100 valence electrons. The van der Waals surface area contributed by atoms with Gasteiger partial charge in [-0.1, -0.05) is 27.2 Å². The maximum absolute atomic E-state index is 11.8. The fourth-order valence-corrected chi connectivity index (χ4v) is 2.15. The van der Waals surface area contributed by atoms with Crippen LogP contribution in [0.1, 0.15) is 46.5 Å². The third kappa shape index (κ3) is 5.53. The van der Waals surface area contributed by atoms with E-state index in [1.807, 2.05) is 4.90 Å². The molecule has 1 heterocycles. The Morgan fingerprint density at radius 1 is 1.18 bits per heavy atom. The quantitative estimate of drug-likeness (QED) is 0.711. The lowest BCUT2D eigenvalue weighted by Gasteiger charge is -2.35. The third-order valence-electron chi connectivity index (χ3n) is 3.49. The summed E-state index contributed by atoms with van der Waals surface area (Å²) in [7, 11) is 0. The first-order valence-corrected chi connectivity index (χ1v) is 7.13. The maximum Gasteiger partial charge on any atom is 0.222 e. The molecule has 0 aromatic rings. The zero-order chi connectivity index (χ0) is 12.7. The molecule has 1 saturated heterocycles. The summed E-state index contributed by atoms with van der Waals surface area (Å²) in [5.41, 5.74) is 0. The molecule has 0 aromatic heterocycles. The van der Waals surface area contributed by atoms with Crippen molar-refractivity contribution in [3.05, 3.63) is 0 Å². The molecule has 0 spiro atoms. The molecule has 0 unspecified atom stereocenters. The van der Waals surface area contributed by atoms with Crippen molar-refractivity contribution in [1.29, 1.82) is 0 Å². The highest BCUT2D eigenvalue weighted by atomic mass is 16.2. The van der Waals surface area contributed by atoms with E-state index in [1.54, 1.807) is 0 Å². The van der Waals surface area contributed by atoms with Crippen LogP contribution in [0.15, 0.2) is 0 Å². The standard InChI is InChI=1S/C14H28N2O/c1-4-5-6-14(17)16-11-9-15(10-12-16)8-7-13(2)3/h13H,4-12H2,1-3H3. The van der Waals surface area contributed by atoms with E-state index in [9.17, 15) is 4.79 Å². The molecule has 1 amide bonds. The maximum atomic E-state index is 11.8. The lowest BCUT2D eigenvalue weighted by molar-refractivity contribution is -0.133. The fourth-order valence-electron chi connectivity index (χ4n) is 2.15. The summed E-state index contributed by atoms with van der Waals surface area (Å²) in [5.74, 6) is 1.13. The fraction of sp³-hybridized carbons (Fsp3) is 0.929. The molecule has 0 N–H and O–H groups in total. The number of rotatable bonds is 6. The summed E-state index contributed by atoms with van der Waals surface area (Å²) in [5, 5.41) is 0. The molecule has 0 atom stereocenters. The first-order chi connectivity index (χ1) is 8.13. The van der Waals surface area contributed by atoms with Crippen LogP contribution in [0.4, 0.5) is 0 Å². The molecular weight excluding hydrogens is 212 g/mol. The number of piperazine rings is 1. The summed E-state index contributed by atoms with van der Waals surface area (Å²) in [6.45, 7) is 11.8. The van der Waals surface area contributed by atoms with Gasteiger partial charge in [-0.15, -0.1) is 0 Å². The molecule has 0 radical (unpaired) electrons. The van der Waals surface area contributed by atoms with Gasteiger partial charge in [-0.25, -0.2) is 0 Å². The average Bonchev–Trinajstić information content (AvgIpc) is 2.34. The third-order valence-corrected chi connectivity index (χ3v) is 3.49. The van der Waals surface area contributed by atoms with Gasteiger partial charge in [-0.05, 0) is 25.3 Å². The zero-order valence-corrected chi connectivity index (χ0v) is 11.7. The summed E-state index contributed by atoms with van der Waals surface area (Å²) in [6, 6.07) is 0. The van der Waals surface area contributed by atoms with E-state index in [1.165, 1.54) is 13.0 Å². The zero-order valence-electron chi connectivity index (χ0n) is 11.7. The van der Waals surface area contributed by atoms with Gasteiger partial charge in [0.05, 0.1) is 0 Å². The van der Waals surface area contributed by atoms with Gasteiger partial charge in [-0.2, -0.15) is 0 Å². The summed E-state index contributed by atoms with van der Waals surface area (Å²) < 4.78 is 0. The second-order valence-electron chi connectivity index (χ2n) is 5.51. The van der Waals surface area contributed by atoms with Crippen LogP contribution in [0.2, 0.25) is 0 Å². The van der Waals surface area contributed by atoms with Crippen LogP contribution in [-0.4, -0.2) is 48.4 Å². The van der Waals surface area contributed by atoms with Crippen LogP contribution >= 0.6 is 0 Å². The number of amides is 1. The molecule has 3 nitrogen and oxygen atoms in total. The average molecular weight is 240 g/mol. The van der Waals surface area contributed by atoms with Crippen molar-refractivity contribution in [1.82, 2.24) is 9.80 Å². The Morgan fingerprint density at radius 2 is 1.82 bits per heavy atom. The van der Waals surface area contributed by atoms with E-state index in [4.69, 9.17) is 0 Å². The van der Waals surface area contributed by atoms with Gasteiger partial charge >= 0.3 is 0 Å². The molecule has 3 heteroatoms. The summed E-state index contributed by atoms with van der Waals surface area (Å²) >= 11 is 0. The highest BCUT2D eigenvalue weighted by Crippen LogP contribution is 2.08. The molecular formula is C14H28N2O. The van der Waals surface area contributed by atoms with Crippen LogP contribution in [0.5, 0.6) is 0 Å². The van der Waals surface area contributed by atoms with Crippen LogP contribution < -0.4 is 0 Å². The molecule has 1 fully saturated rings. The molecule has 0 aromatic carbocycles. The van der Waals surface area contributed by atoms with Gasteiger partial charge in [-0.3, -0.25) is 9.69 Å². The number of unbranched alkanes of at least 4 members (excludes halogenated alkanes) is 1. The normalized spacial score (nSPS) is 17.8. The first-order valence-electron chi connectivity index (χ1n) is 7.13. The van der Waals surface area contributed by atoms with Crippen molar-refractivity contribution in [3.63, 3.8) is 0 Å². The van der Waals surface area contributed by atoms with Gasteiger partial charge in [0.15, 0.2) is 0 Å². The SMILES string of the molecule is CCCCC(=O)N1CCN(CCC(C)C)CC1. The van der Waals surface area contributed by atoms with Crippen molar-refractivity contribution in [2.45, 2.75) is 46.5 Å². The number of carbonyl (C=O) groups excluding carboxylic acids is 1. The Kier molecular flexibility index (Phi) is 6.56. The molecule has 1 aliphatic rings. The van der Waals surface area contributed by atoms with E-state index in [0.717, 1.165) is 51.4 Å². The number of carbonyl (C=O) groups is 1. The Morgan fingerprint density at radius 3 is 2.35 bits per heavy atom. The van der Waals surface area contributed by atoms with E-state index in [0.29, 0.717) is 5.91 Å². The van der Waals surface area contributed by atoms with Crippen LogP contribution in [0.25, 0.3) is 0 Å². The van der Waals surface area contributed by atoms with Gasteiger partial charge < -0.3 is 4.90 Å². The van der Waals surface area contributed by atoms with E-state index in [2.05, 4.69) is 25.7 Å². The smallest absolute Gasteiger partial charge is 0.222 e. The number of hydrogen-bond donors (Lipinski definition) is 0. The molecule has 17 heavy (non-hydrogen) atoms. The monoisotopic (exact) mass is 240 g/mol. The minimum atomic E-state index is 0.357. The lowest BCUT2D eigenvalue weighted by Crippen LogP contribution is -2.48. The Hall–Kier alpha value is -0.570. The van der Waals surface area contributed by atoms with Gasteiger partial charge in [0.1, 0.15) is 0 Å². The Bertz CT molecular complexity index is 220. The van der Waals surface area contributed by atoms with E-state index < -0.39 is 0 Å². The molecule has 1 rings (SSSR count). The topological polar surface area (TPSA) is 23.6 Å². The second kappa shape index (κ2) is 7.70. The van der Waals surface area contributed by atoms with Gasteiger partial charge in [0.25, 0.3) is 0 Å². The van der Waals surface area contributed by atoms with Crippen LogP contribution in [0, 0.1) is 5.92 Å². The first kappa shape index (κ1) is 14.5. The number of hydrogen-bond acceptors (Lipinski definition) is 2. The van der Waals surface area contributed by atoms with Gasteiger partial charge in [0.2, 0.25) is 5.91 Å². The van der Waals surface area contributed by atoms with Crippen molar-refractivity contribution >= 4 is 5.91 Å². The Labute approximate surface area is 106 Å². The predicted octanol–water partition coefficient (Wildman–Crippen LogP) is 2.37. The minimum absolute atomic E-state index is 0.357. The Balaban J connectivity index is 2.18. The lowest BCUT2D eigenvalue weighted by atomic mass is 10.1. The van der Waals surface area contributed by atoms with Crippen molar-refractivity contribution in [2.24, 2.45) is 5.92 Å². The highest BCUT2D eigenvalue weighted by Gasteiger charge is 2.20. The van der Waals surface area contributed by atoms with E-state index >= 15 is 0 Å². The second-order valence-corrected chi connectivity index (χ2v) is 5.51. The van der Waals surface area contributed by atoms with E-state index in [-0.39, 0.29) is 0 Å². The van der Waals surface area contributed by atoms with Crippen molar-refractivity contribution in [3.8, 4) is 0 Å². The van der Waals surface area contributed by atoms with Crippen LogP contribution in [0.3, 0.4) is 0 Å². The minimum Gasteiger partial charge on any atom is -0.340 e. The van der Waals surface area contributed by atoms with Crippen LogP contribution in [-0.2, 0) is 4.79 Å². The largest absolute Gasteiger partial charge is 0.340 e. The highest BCUT2D eigenvalue weighted by molar-refractivity contribution is 5.76. The molecule has 0 bridgehead atoms. The molecule has 0 aliphatic carbocycles. The van der Waals surface area contributed by atoms with Gasteiger partial charge in [0, 0.05) is 32.6 Å². The summed E-state index contributed by atoms with van der Waals surface area (Å²) in [6.07, 6.45) is 4.15. The molecule has 0 saturated carbocycles.